The summed E-state index contributed by atoms with van der Waals surface area (Å²) in [4.78, 5) is 19.3. The van der Waals surface area contributed by atoms with E-state index in [2.05, 4.69) is 15.2 Å². The number of carbonyl (C=O) groups is 1. The van der Waals surface area contributed by atoms with Crippen molar-refractivity contribution in [2.24, 2.45) is 0 Å². The van der Waals surface area contributed by atoms with Crippen molar-refractivity contribution in [2.45, 2.75) is 17.7 Å². The highest BCUT2D eigenvalue weighted by atomic mass is 32.2. The highest BCUT2D eigenvalue weighted by Gasteiger charge is 2.24. The van der Waals surface area contributed by atoms with Gasteiger partial charge in [0.05, 0.1) is 29.6 Å². The number of sulfonamides is 1. The molecule has 9 heteroatoms. The van der Waals surface area contributed by atoms with E-state index in [1.54, 1.807) is 30.5 Å². The molecule has 1 saturated heterocycles. The fourth-order valence-corrected chi connectivity index (χ4v) is 4.96. The van der Waals surface area contributed by atoms with Crippen molar-refractivity contribution in [1.82, 2.24) is 4.98 Å². The maximum absolute atomic E-state index is 13.1. The van der Waals surface area contributed by atoms with Gasteiger partial charge in [0, 0.05) is 25.7 Å². The van der Waals surface area contributed by atoms with Crippen LogP contribution in [-0.2, 0) is 10.0 Å². The van der Waals surface area contributed by atoms with Gasteiger partial charge in [0.1, 0.15) is 11.6 Å². The number of hydrogen-bond acceptors (Lipinski definition) is 6. The summed E-state index contributed by atoms with van der Waals surface area (Å²) in [6.07, 6.45) is 3.97. The number of ether oxygens (including phenoxy) is 1. The minimum atomic E-state index is -3.83. The van der Waals surface area contributed by atoms with Gasteiger partial charge in [-0.15, -0.1) is 0 Å². The number of hydrogen-bond donors (Lipinski definition) is 1. The fourth-order valence-electron chi connectivity index (χ4n) is 3.75. The van der Waals surface area contributed by atoms with Crippen LogP contribution in [0.1, 0.15) is 23.2 Å². The summed E-state index contributed by atoms with van der Waals surface area (Å²) in [7, 11) is -0.879. The van der Waals surface area contributed by atoms with Crippen LogP contribution >= 0.6 is 0 Å². The number of carbonyl (C=O) groups excluding carboxylic acids is 1. The molecule has 1 aliphatic heterocycles. The van der Waals surface area contributed by atoms with E-state index in [1.807, 2.05) is 12.1 Å². The monoisotopic (exact) mass is 466 g/mol. The van der Waals surface area contributed by atoms with E-state index < -0.39 is 10.0 Å². The molecule has 3 aromatic rings. The Kier molecular flexibility index (Phi) is 6.50. The maximum Gasteiger partial charge on any atom is 0.264 e. The Hall–Kier alpha value is -3.59. The van der Waals surface area contributed by atoms with Gasteiger partial charge in [-0.1, -0.05) is 12.1 Å². The molecule has 0 unspecified atom stereocenters. The van der Waals surface area contributed by atoms with Gasteiger partial charge in [-0.05, 0) is 61.4 Å². The lowest BCUT2D eigenvalue weighted by molar-refractivity contribution is 0.102. The minimum absolute atomic E-state index is 0.0732. The van der Waals surface area contributed by atoms with Crippen LogP contribution in [0.25, 0.3) is 0 Å². The molecule has 1 fully saturated rings. The zero-order chi connectivity index (χ0) is 23.4. The molecule has 0 aliphatic carbocycles. The number of benzene rings is 2. The van der Waals surface area contributed by atoms with Gasteiger partial charge in [-0.3, -0.25) is 9.10 Å². The highest BCUT2D eigenvalue weighted by Crippen LogP contribution is 2.31. The Labute approximate surface area is 193 Å². The van der Waals surface area contributed by atoms with E-state index in [4.69, 9.17) is 4.74 Å². The van der Waals surface area contributed by atoms with Crippen LogP contribution < -0.4 is 19.3 Å². The zero-order valence-electron chi connectivity index (χ0n) is 18.6. The smallest absolute Gasteiger partial charge is 0.264 e. The molecule has 2 heterocycles. The Morgan fingerprint density at radius 1 is 1.03 bits per heavy atom. The lowest BCUT2D eigenvalue weighted by Crippen LogP contribution is -2.27. The van der Waals surface area contributed by atoms with Crippen LogP contribution in [0.4, 0.5) is 17.2 Å². The second kappa shape index (κ2) is 9.50. The fraction of sp³-hybridized carbons (Fsp3) is 0.250. The van der Waals surface area contributed by atoms with Crippen molar-refractivity contribution >= 4 is 33.1 Å². The number of nitrogens with one attached hydrogen (secondary N) is 1. The van der Waals surface area contributed by atoms with Crippen LogP contribution in [0.3, 0.4) is 0 Å². The molecule has 4 rings (SSSR count). The molecule has 0 saturated carbocycles. The van der Waals surface area contributed by atoms with Crippen molar-refractivity contribution in [3.63, 3.8) is 0 Å². The van der Waals surface area contributed by atoms with Crippen LogP contribution in [-0.4, -0.2) is 46.6 Å². The third-order valence-electron chi connectivity index (χ3n) is 5.64. The number of aromatic nitrogens is 1. The first-order valence-electron chi connectivity index (χ1n) is 10.6. The lowest BCUT2D eigenvalue weighted by Gasteiger charge is -2.21. The second-order valence-electron chi connectivity index (χ2n) is 7.72. The molecule has 0 spiro atoms. The molecule has 1 aromatic heterocycles. The summed E-state index contributed by atoms with van der Waals surface area (Å²) in [5.74, 6) is 1.01. The van der Waals surface area contributed by atoms with Gasteiger partial charge in [0.2, 0.25) is 0 Å². The molecular weight excluding hydrogens is 440 g/mol. The summed E-state index contributed by atoms with van der Waals surface area (Å²) in [5, 5.41) is 2.80. The van der Waals surface area contributed by atoms with Crippen molar-refractivity contribution in [2.75, 3.05) is 41.8 Å². The zero-order valence-corrected chi connectivity index (χ0v) is 19.4. The molecule has 0 bridgehead atoms. The predicted molar refractivity (Wildman–Crippen MR) is 129 cm³/mol. The number of para-hydroxylation sites is 2. The minimum Gasteiger partial charge on any atom is -0.495 e. The highest BCUT2D eigenvalue weighted by molar-refractivity contribution is 7.92. The first kappa shape index (κ1) is 22.6. The number of amides is 1. The molecule has 1 aliphatic rings. The number of methoxy groups -OCH3 is 1. The molecule has 1 amide bonds. The van der Waals surface area contributed by atoms with E-state index in [1.165, 1.54) is 51.3 Å². The van der Waals surface area contributed by atoms with Crippen LogP contribution in [0.2, 0.25) is 0 Å². The molecule has 8 nitrogen and oxygen atoms in total. The van der Waals surface area contributed by atoms with Crippen molar-refractivity contribution < 1.29 is 17.9 Å². The molecule has 2 aromatic carbocycles. The molecule has 33 heavy (non-hydrogen) atoms. The quantitative estimate of drug-likeness (QED) is 0.570. The third-order valence-corrected chi connectivity index (χ3v) is 7.42. The van der Waals surface area contributed by atoms with Gasteiger partial charge in [0.15, 0.2) is 0 Å². The molecule has 0 atom stereocenters. The maximum atomic E-state index is 13.1. The first-order valence-corrected chi connectivity index (χ1v) is 12.1. The van der Waals surface area contributed by atoms with Crippen LogP contribution in [0.5, 0.6) is 5.75 Å². The number of pyridine rings is 1. The van der Waals surface area contributed by atoms with Gasteiger partial charge < -0.3 is 15.0 Å². The van der Waals surface area contributed by atoms with Gasteiger partial charge in [-0.25, -0.2) is 13.4 Å². The van der Waals surface area contributed by atoms with E-state index in [0.717, 1.165) is 23.2 Å². The van der Waals surface area contributed by atoms with E-state index in [-0.39, 0.29) is 10.8 Å². The first-order chi connectivity index (χ1) is 15.9. The van der Waals surface area contributed by atoms with Crippen molar-refractivity contribution in [1.29, 1.82) is 0 Å². The number of nitrogens with zero attached hydrogens (tertiary/aromatic N) is 3. The lowest BCUT2D eigenvalue weighted by atomic mass is 10.2. The Morgan fingerprint density at radius 3 is 2.36 bits per heavy atom. The Balaban J connectivity index is 1.46. The Bertz CT molecular complexity index is 1220. The van der Waals surface area contributed by atoms with Crippen LogP contribution in [0, 0.1) is 0 Å². The topological polar surface area (TPSA) is 91.8 Å². The van der Waals surface area contributed by atoms with Crippen molar-refractivity contribution in [3.05, 3.63) is 72.4 Å². The SMILES string of the molecule is COc1ccccc1N(C)S(=O)(=O)c1ccc(C(=O)Nc2ccc(N3CCCC3)nc2)cc1. The van der Waals surface area contributed by atoms with Gasteiger partial charge in [0.25, 0.3) is 15.9 Å². The molecular formula is C24H26N4O4S. The molecule has 1 N–H and O–H groups in total. The normalized spacial score (nSPS) is 13.6. The number of anilines is 3. The van der Waals surface area contributed by atoms with Gasteiger partial charge >= 0.3 is 0 Å². The average molecular weight is 467 g/mol. The van der Waals surface area contributed by atoms with E-state index in [0.29, 0.717) is 22.7 Å². The third kappa shape index (κ3) is 4.78. The summed E-state index contributed by atoms with van der Waals surface area (Å²) in [5.41, 5.74) is 1.35. The average Bonchev–Trinajstić information content (AvgIpc) is 3.39. The number of rotatable bonds is 7. The summed E-state index contributed by atoms with van der Waals surface area (Å²) in [6.45, 7) is 2.00. The standard InChI is InChI=1S/C24H26N4O4S/c1-27(21-7-3-4-8-22(21)32-2)33(30,31)20-12-9-18(10-13-20)24(29)26-19-11-14-23(25-17-19)28-15-5-6-16-28/h3-4,7-14,17H,5-6,15-16H2,1-2H3,(H,26,29). The van der Waals surface area contributed by atoms with Gasteiger partial charge in [-0.2, -0.15) is 0 Å². The molecule has 172 valence electrons. The summed E-state index contributed by atoms with van der Waals surface area (Å²) in [6, 6.07) is 16.4. The summed E-state index contributed by atoms with van der Waals surface area (Å²) < 4.78 is 32.6. The van der Waals surface area contributed by atoms with Crippen LogP contribution in [0.15, 0.2) is 71.8 Å². The van der Waals surface area contributed by atoms with Crippen molar-refractivity contribution in [3.8, 4) is 5.75 Å². The largest absolute Gasteiger partial charge is 0.495 e. The summed E-state index contributed by atoms with van der Waals surface area (Å²) >= 11 is 0. The van der Waals surface area contributed by atoms with E-state index >= 15 is 0 Å². The molecule has 0 radical (unpaired) electrons. The second-order valence-corrected chi connectivity index (χ2v) is 9.69. The van der Waals surface area contributed by atoms with E-state index in [9.17, 15) is 13.2 Å². The predicted octanol–water partition coefficient (Wildman–Crippen LogP) is 3.77. The Morgan fingerprint density at radius 2 is 1.73 bits per heavy atom.